The van der Waals surface area contributed by atoms with Crippen molar-refractivity contribution < 1.29 is 24.2 Å². The number of nitrogens with zero attached hydrogens (tertiary/aromatic N) is 1. The number of aliphatic carboxylic acids is 1. The first-order valence-electron chi connectivity index (χ1n) is 13.7. The first-order chi connectivity index (χ1) is 19.4. The van der Waals surface area contributed by atoms with Gasteiger partial charge in [-0.15, -0.1) is 0 Å². The van der Waals surface area contributed by atoms with Crippen molar-refractivity contribution in [3.05, 3.63) is 70.7 Å². The first-order valence-corrected chi connectivity index (χ1v) is 13.7. The highest BCUT2D eigenvalue weighted by molar-refractivity contribution is 5.94. The SMILES string of the molecule is COC(=O)Cc1ccc2c(c1)N[C@@H](C(=O)O)CCCC[C@H](NC(=O)c1ccc(CN)c(C3CC3)c1)c1ncc-2[nH]1. The molecule has 1 aliphatic carbocycles. The van der Waals surface area contributed by atoms with Crippen LogP contribution in [0.1, 0.15) is 83.4 Å². The van der Waals surface area contributed by atoms with E-state index in [1.807, 2.05) is 24.3 Å². The molecule has 1 saturated carbocycles. The van der Waals surface area contributed by atoms with Gasteiger partial charge in [-0.2, -0.15) is 0 Å². The average Bonchev–Trinajstić information content (AvgIpc) is 3.69. The minimum Gasteiger partial charge on any atom is -0.480 e. The topological polar surface area (TPSA) is 159 Å². The number of H-pyrrole nitrogens is 1. The molecule has 2 aromatic carbocycles. The molecular weight excluding hydrogens is 510 g/mol. The fraction of sp³-hybridized carbons (Fsp3) is 0.400. The Kier molecular flexibility index (Phi) is 8.16. The van der Waals surface area contributed by atoms with E-state index in [1.54, 1.807) is 18.3 Å². The van der Waals surface area contributed by atoms with Crippen molar-refractivity contribution >= 4 is 23.5 Å². The Bertz CT molecular complexity index is 1410. The number of methoxy groups -OCH3 is 1. The first kappa shape index (κ1) is 27.4. The largest absolute Gasteiger partial charge is 0.480 e. The van der Waals surface area contributed by atoms with E-state index < -0.39 is 12.0 Å². The summed E-state index contributed by atoms with van der Waals surface area (Å²) in [5.74, 6) is -0.414. The molecule has 10 nitrogen and oxygen atoms in total. The number of rotatable bonds is 7. The number of carbonyl (C=O) groups excluding carboxylic acids is 2. The van der Waals surface area contributed by atoms with E-state index in [9.17, 15) is 19.5 Å². The van der Waals surface area contributed by atoms with E-state index in [2.05, 4.69) is 20.6 Å². The summed E-state index contributed by atoms with van der Waals surface area (Å²) in [7, 11) is 1.33. The molecule has 3 aromatic rings. The summed E-state index contributed by atoms with van der Waals surface area (Å²) in [6, 6.07) is 9.94. The van der Waals surface area contributed by atoms with E-state index in [4.69, 9.17) is 10.5 Å². The monoisotopic (exact) mass is 545 g/mol. The predicted molar refractivity (Wildman–Crippen MR) is 150 cm³/mol. The number of carboxylic acid groups (broad SMARTS) is 1. The third kappa shape index (κ3) is 6.17. The van der Waals surface area contributed by atoms with Crippen LogP contribution in [0.4, 0.5) is 5.69 Å². The second-order valence-corrected chi connectivity index (χ2v) is 10.6. The molecule has 10 heteroatoms. The second-order valence-electron chi connectivity index (χ2n) is 10.6. The summed E-state index contributed by atoms with van der Waals surface area (Å²) in [5, 5.41) is 16.2. The van der Waals surface area contributed by atoms with Crippen LogP contribution in [-0.2, 0) is 27.3 Å². The van der Waals surface area contributed by atoms with E-state index in [1.165, 1.54) is 7.11 Å². The molecule has 6 N–H and O–H groups in total. The number of fused-ring (bicyclic) bond motifs is 4. The van der Waals surface area contributed by atoms with Crippen molar-refractivity contribution in [2.75, 3.05) is 12.4 Å². The number of hydrogen-bond acceptors (Lipinski definition) is 7. The third-order valence-corrected chi connectivity index (χ3v) is 7.69. The van der Waals surface area contributed by atoms with Crippen molar-refractivity contribution in [3.8, 4) is 11.3 Å². The minimum absolute atomic E-state index is 0.0697. The number of carboxylic acids is 1. The number of amides is 1. The zero-order valence-corrected chi connectivity index (χ0v) is 22.5. The molecule has 1 fully saturated rings. The van der Waals surface area contributed by atoms with Crippen LogP contribution in [-0.4, -0.2) is 46.1 Å². The Morgan fingerprint density at radius 1 is 1.10 bits per heavy atom. The lowest BCUT2D eigenvalue weighted by atomic mass is 9.99. The van der Waals surface area contributed by atoms with Crippen molar-refractivity contribution in [1.82, 2.24) is 15.3 Å². The van der Waals surface area contributed by atoms with E-state index in [0.29, 0.717) is 66.5 Å². The van der Waals surface area contributed by atoms with Crippen LogP contribution in [0.25, 0.3) is 11.3 Å². The van der Waals surface area contributed by atoms with E-state index >= 15 is 0 Å². The molecule has 1 aliphatic heterocycles. The van der Waals surface area contributed by atoms with Crippen molar-refractivity contribution in [2.45, 2.75) is 69.5 Å². The number of benzene rings is 2. The lowest BCUT2D eigenvalue weighted by molar-refractivity contribution is -0.140. The standard InChI is InChI=1S/C30H35N5O5/c1-40-27(36)13-17-6-11-21-25(12-17)33-24(30(38)39)5-3-2-4-23(28-32-16-26(21)34-28)35-29(37)19-9-10-20(15-31)22(14-19)18-7-8-18/h6,9-12,14,16,18,23-24,33H,2-5,7-8,13,15,31H2,1H3,(H,32,34)(H,35,37)(H,38,39)/t23-,24+/m0/s1. The number of aromatic amines is 1. The van der Waals surface area contributed by atoms with Gasteiger partial charge in [-0.25, -0.2) is 9.78 Å². The van der Waals surface area contributed by atoms with Gasteiger partial charge in [0, 0.05) is 23.4 Å². The zero-order chi connectivity index (χ0) is 28.2. The molecule has 210 valence electrons. The Balaban J connectivity index is 1.44. The molecule has 2 atom stereocenters. The number of esters is 1. The summed E-state index contributed by atoms with van der Waals surface area (Å²) >= 11 is 0. The molecule has 2 bridgehead atoms. The molecular formula is C30H35N5O5. The summed E-state index contributed by atoms with van der Waals surface area (Å²) < 4.78 is 4.79. The minimum atomic E-state index is -0.955. The summed E-state index contributed by atoms with van der Waals surface area (Å²) in [6.07, 6.45) is 6.33. The Morgan fingerprint density at radius 2 is 1.90 bits per heavy atom. The number of nitrogens with one attached hydrogen (secondary N) is 3. The molecule has 0 saturated heterocycles. The second kappa shape index (κ2) is 11.9. The van der Waals surface area contributed by atoms with Crippen LogP contribution >= 0.6 is 0 Å². The normalized spacial score (nSPS) is 18.9. The quantitative estimate of drug-likeness (QED) is 0.278. The van der Waals surface area contributed by atoms with Gasteiger partial charge < -0.3 is 31.2 Å². The van der Waals surface area contributed by atoms with Crippen LogP contribution in [0, 0.1) is 0 Å². The lowest BCUT2D eigenvalue weighted by Crippen LogP contribution is -2.31. The van der Waals surface area contributed by atoms with Crippen molar-refractivity contribution in [3.63, 3.8) is 0 Å². The van der Waals surface area contributed by atoms with Crippen molar-refractivity contribution in [2.24, 2.45) is 5.73 Å². The van der Waals surface area contributed by atoms with Gasteiger partial charge in [-0.1, -0.05) is 31.0 Å². The maximum Gasteiger partial charge on any atom is 0.326 e. The lowest BCUT2D eigenvalue weighted by Gasteiger charge is -2.21. The fourth-order valence-corrected chi connectivity index (χ4v) is 5.30. The highest BCUT2D eigenvalue weighted by Gasteiger charge is 2.28. The van der Waals surface area contributed by atoms with Gasteiger partial charge in [-0.3, -0.25) is 9.59 Å². The van der Waals surface area contributed by atoms with E-state index in [-0.39, 0.29) is 24.3 Å². The van der Waals surface area contributed by atoms with Crippen LogP contribution in [0.15, 0.2) is 42.6 Å². The number of aromatic nitrogens is 2. The van der Waals surface area contributed by atoms with Gasteiger partial charge in [-0.05, 0) is 66.5 Å². The molecule has 2 heterocycles. The van der Waals surface area contributed by atoms with Gasteiger partial charge in [0.05, 0.1) is 31.5 Å². The van der Waals surface area contributed by atoms with Crippen LogP contribution in [0.2, 0.25) is 0 Å². The van der Waals surface area contributed by atoms with Gasteiger partial charge in [0.2, 0.25) is 0 Å². The summed E-state index contributed by atoms with van der Waals surface area (Å²) in [6.45, 7) is 0.448. The fourth-order valence-electron chi connectivity index (χ4n) is 5.30. The molecule has 0 spiro atoms. The van der Waals surface area contributed by atoms with Gasteiger partial charge in [0.15, 0.2) is 0 Å². The van der Waals surface area contributed by atoms with Crippen LogP contribution in [0.5, 0.6) is 0 Å². The maximum atomic E-state index is 13.4. The third-order valence-electron chi connectivity index (χ3n) is 7.69. The average molecular weight is 546 g/mol. The van der Waals surface area contributed by atoms with E-state index in [0.717, 1.165) is 29.5 Å². The molecule has 0 unspecified atom stereocenters. The predicted octanol–water partition coefficient (Wildman–Crippen LogP) is 4.04. The molecule has 0 radical (unpaired) electrons. The van der Waals surface area contributed by atoms with Gasteiger partial charge in [0.25, 0.3) is 5.91 Å². The number of nitrogens with two attached hydrogens (primary N) is 1. The van der Waals surface area contributed by atoms with Crippen LogP contribution < -0.4 is 16.4 Å². The summed E-state index contributed by atoms with van der Waals surface area (Å²) in [5.41, 5.74) is 11.4. The highest BCUT2D eigenvalue weighted by Crippen LogP contribution is 2.42. The number of hydrogen-bond donors (Lipinski definition) is 5. The van der Waals surface area contributed by atoms with Gasteiger partial charge in [0.1, 0.15) is 11.9 Å². The molecule has 5 rings (SSSR count). The smallest absolute Gasteiger partial charge is 0.326 e. The number of imidazole rings is 1. The Hall–Kier alpha value is -4.18. The van der Waals surface area contributed by atoms with Crippen molar-refractivity contribution in [1.29, 1.82) is 0 Å². The highest BCUT2D eigenvalue weighted by atomic mass is 16.5. The number of ether oxygens (including phenoxy) is 1. The number of anilines is 1. The molecule has 1 amide bonds. The Labute approximate surface area is 232 Å². The summed E-state index contributed by atoms with van der Waals surface area (Å²) in [4.78, 5) is 45.3. The number of carbonyl (C=O) groups is 3. The zero-order valence-electron chi connectivity index (χ0n) is 22.5. The van der Waals surface area contributed by atoms with Crippen LogP contribution in [0.3, 0.4) is 0 Å². The Morgan fingerprint density at radius 3 is 2.62 bits per heavy atom. The molecule has 1 aromatic heterocycles. The van der Waals surface area contributed by atoms with Gasteiger partial charge >= 0.3 is 11.9 Å². The molecule has 40 heavy (non-hydrogen) atoms. The maximum absolute atomic E-state index is 13.4. The molecule has 2 aliphatic rings.